The van der Waals surface area contributed by atoms with Gasteiger partial charge in [-0.3, -0.25) is 0 Å². The van der Waals surface area contributed by atoms with E-state index in [1.807, 2.05) is 0 Å². The highest BCUT2D eigenvalue weighted by Gasteiger charge is 2.14. The molecule has 0 aliphatic carbocycles. The SMILES string of the molecule is CNC(Cc1ccccc1Br)CC(C)CC(C)C. The molecule has 0 fully saturated rings. The van der Waals surface area contributed by atoms with Crippen molar-refractivity contribution in [2.75, 3.05) is 7.05 Å². The third-order valence-corrected chi connectivity index (χ3v) is 4.17. The summed E-state index contributed by atoms with van der Waals surface area (Å²) in [6, 6.07) is 9.09. The molecular weight excluding hydrogens is 286 g/mol. The maximum Gasteiger partial charge on any atom is 0.0207 e. The van der Waals surface area contributed by atoms with Gasteiger partial charge < -0.3 is 5.32 Å². The minimum atomic E-state index is 0.567. The van der Waals surface area contributed by atoms with Gasteiger partial charge in [0.2, 0.25) is 0 Å². The standard InChI is InChI=1S/C16H26BrN/c1-12(2)9-13(3)10-15(18-4)11-14-7-5-6-8-16(14)17/h5-8,12-13,15,18H,9-11H2,1-4H3. The van der Waals surface area contributed by atoms with Crippen LogP contribution in [0.2, 0.25) is 0 Å². The Hall–Kier alpha value is -0.340. The van der Waals surface area contributed by atoms with Gasteiger partial charge in [0.15, 0.2) is 0 Å². The summed E-state index contributed by atoms with van der Waals surface area (Å²) in [5.74, 6) is 1.57. The highest BCUT2D eigenvalue weighted by molar-refractivity contribution is 9.10. The van der Waals surface area contributed by atoms with Crippen molar-refractivity contribution in [3.63, 3.8) is 0 Å². The van der Waals surface area contributed by atoms with Gasteiger partial charge in [-0.1, -0.05) is 54.9 Å². The van der Waals surface area contributed by atoms with Gasteiger partial charge >= 0.3 is 0 Å². The Morgan fingerprint density at radius 2 is 1.78 bits per heavy atom. The third-order valence-electron chi connectivity index (χ3n) is 3.39. The minimum Gasteiger partial charge on any atom is -0.317 e. The average molecular weight is 312 g/mol. The summed E-state index contributed by atoms with van der Waals surface area (Å²) in [5, 5.41) is 3.46. The van der Waals surface area contributed by atoms with Crippen LogP contribution in [-0.2, 0) is 6.42 Å². The second-order valence-corrected chi connectivity index (χ2v) is 6.61. The summed E-state index contributed by atoms with van der Waals surface area (Å²) in [5.41, 5.74) is 1.40. The highest BCUT2D eigenvalue weighted by Crippen LogP contribution is 2.22. The molecule has 0 saturated heterocycles. The van der Waals surface area contributed by atoms with Gasteiger partial charge in [-0.05, 0) is 49.8 Å². The zero-order valence-corrected chi connectivity index (χ0v) is 13.6. The van der Waals surface area contributed by atoms with Crippen molar-refractivity contribution in [2.24, 2.45) is 11.8 Å². The topological polar surface area (TPSA) is 12.0 Å². The first-order valence-corrected chi connectivity index (χ1v) is 7.72. The molecule has 1 rings (SSSR count). The number of nitrogens with one attached hydrogen (secondary N) is 1. The smallest absolute Gasteiger partial charge is 0.0207 e. The van der Waals surface area contributed by atoms with Gasteiger partial charge in [0.25, 0.3) is 0 Å². The third kappa shape index (κ3) is 5.53. The molecule has 2 unspecified atom stereocenters. The first kappa shape index (κ1) is 15.7. The van der Waals surface area contributed by atoms with E-state index in [4.69, 9.17) is 0 Å². The van der Waals surface area contributed by atoms with Gasteiger partial charge in [-0.2, -0.15) is 0 Å². The highest BCUT2D eigenvalue weighted by atomic mass is 79.9. The van der Waals surface area contributed by atoms with Crippen LogP contribution in [0.3, 0.4) is 0 Å². The number of likely N-dealkylation sites (N-methyl/N-ethyl adjacent to an activating group) is 1. The molecule has 0 heterocycles. The van der Waals surface area contributed by atoms with Crippen LogP contribution in [0.15, 0.2) is 28.7 Å². The van der Waals surface area contributed by atoms with E-state index in [0.29, 0.717) is 6.04 Å². The predicted octanol–water partition coefficient (Wildman–Crippen LogP) is 4.65. The van der Waals surface area contributed by atoms with Crippen molar-refractivity contribution < 1.29 is 0 Å². The summed E-state index contributed by atoms with van der Waals surface area (Å²) in [6.45, 7) is 6.97. The molecule has 0 spiro atoms. The second kappa shape index (κ2) is 7.96. The van der Waals surface area contributed by atoms with Gasteiger partial charge in [0.05, 0.1) is 0 Å². The molecule has 0 bridgehead atoms. The number of hydrogen-bond donors (Lipinski definition) is 1. The molecule has 1 aromatic rings. The molecule has 2 atom stereocenters. The lowest BCUT2D eigenvalue weighted by Gasteiger charge is -2.22. The lowest BCUT2D eigenvalue weighted by atomic mass is 9.90. The van der Waals surface area contributed by atoms with Crippen LogP contribution in [-0.4, -0.2) is 13.1 Å². The van der Waals surface area contributed by atoms with Crippen LogP contribution in [0.1, 0.15) is 39.2 Å². The number of hydrogen-bond acceptors (Lipinski definition) is 1. The summed E-state index contributed by atoms with van der Waals surface area (Å²) in [7, 11) is 2.07. The van der Waals surface area contributed by atoms with E-state index < -0.39 is 0 Å². The number of rotatable bonds is 7. The fourth-order valence-electron chi connectivity index (χ4n) is 2.62. The van der Waals surface area contributed by atoms with Crippen LogP contribution in [0.25, 0.3) is 0 Å². The molecule has 1 N–H and O–H groups in total. The molecule has 0 radical (unpaired) electrons. The van der Waals surface area contributed by atoms with Crippen molar-refractivity contribution in [3.8, 4) is 0 Å². The largest absolute Gasteiger partial charge is 0.317 e. The fourth-order valence-corrected chi connectivity index (χ4v) is 3.07. The van der Waals surface area contributed by atoms with E-state index in [-0.39, 0.29) is 0 Å². The van der Waals surface area contributed by atoms with Crippen molar-refractivity contribution >= 4 is 15.9 Å². The van der Waals surface area contributed by atoms with E-state index in [9.17, 15) is 0 Å². The average Bonchev–Trinajstić information content (AvgIpc) is 2.30. The van der Waals surface area contributed by atoms with E-state index in [2.05, 4.69) is 73.3 Å². The van der Waals surface area contributed by atoms with Gasteiger partial charge in [-0.15, -0.1) is 0 Å². The fraction of sp³-hybridized carbons (Fsp3) is 0.625. The van der Waals surface area contributed by atoms with Gasteiger partial charge in [0, 0.05) is 10.5 Å². The molecule has 0 aliphatic rings. The zero-order valence-electron chi connectivity index (χ0n) is 12.0. The van der Waals surface area contributed by atoms with Crippen LogP contribution >= 0.6 is 15.9 Å². The molecule has 102 valence electrons. The summed E-state index contributed by atoms with van der Waals surface area (Å²) < 4.78 is 1.22. The first-order valence-electron chi connectivity index (χ1n) is 6.93. The maximum absolute atomic E-state index is 3.63. The van der Waals surface area contributed by atoms with E-state index >= 15 is 0 Å². The van der Waals surface area contributed by atoms with Crippen molar-refractivity contribution in [1.29, 1.82) is 0 Å². The zero-order chi connectivity index (χ0) is 13.5. The molecule has 0 aromatic heterocycles. The van der Waals surface area contributed by atoms with E-state index in [1.165, 1.54) is 22.9 Å². The van der Waals surface area contributed by atoms with E-state index in [1.54, 1.807) is 0 Å². The minimum absolute atomic E-state index is 0.567. The molecular formula is C16H26BrN. The normalized spacial score (nSPS) is 14.8. The van der Waals surface area contributed by atoms with E-state index in [0.717, 1.165) is 18.3 Å². The monoisotopic (exact) mass is 311 g/mol. The Labute approximate surface area is 120 Å². The Morgan fingerprint density at radius 3 is 2.33 bits per heavy atom. The Morgan fingerprint density at radius 1 is 1.11 bits per heavy atom. The second-order valence-electron chi connectivity index (χ2n) is 5.75. The molecule has 0 saturated carbocycles. The van der Waals surface area contributed by atoms with Crippen LogP contribution in [0.5, 0.6) is 0 Å². The van der Waals surface area contributed by atoms with Gasteiger partial charge in [0.1, 0.15) is 0 Å². The summed E-state index contributed by atoms with van der Waals surface area (Å²) in [4.78, 5) is 0. The van der Waals surface area contributed by atoms with Crippen LogP contribution in [0.4, 0.5) is 0 Å². The first-order chi connectivity index (χ1) is 8.52. The molecule has 0 aliphatic heterocycles. The van der Waals surface area contributed by atoms with Crippen molar-refractivity contribution in [2.45, 2.75) is 46.1 Å². The Balaban J connectivity index is 2.54. The summed E-state index contributed by atoms with van der Waals surface area (Å²) in [6.07, 6.45) is 3.66. The maximum atomic E-state index is 3.63. The van der Waals surface area contributed by atoms with Crippen molar-refractivity contribution in [1.82, 2.24) is 5.32 Å². The Kier molecular flexibility index (Phi) is 6.95. The lowest BCUT2D eigenvalue weighted by Crippen LogP contribution is -2.30. The van der Waals surface area contributed by atoms with Crippen LogP contribution < -0.4 is 5.32 Å². The molecule has 1 nitrogen and oxygen atoms in total. The molecule has 1 aromatic carbocycles. The van der Waals surface area contributed by atoms with Crippen LogP contribution in [0, 0.1) is 11.8 Å². The number of benzene rings is 1. The molecule has 18 heavy (non-hydrogen) atoms. The summed E-state index contributed by atoms with van der Waals surface area (Å²) >= 11 is 3.63. The number of halogens is 1. The quantitative estimate of drug-likeness (QED) is 0.772. The lowest BCUT2D eigenvalue weighted by molar-refractivity contribution is 0.360. The Bertz CT molecular complexity index is 349. The van der Waals surface area contributed by atoms with Gasteiger partial charge in [-0.25, -0.2) is 0 Å². The van der Waals surface area contributed by atoms with Crippen molar-refractivity contribution in [3.05, 3.63) is 34.3 Å². The predicted molar refractivity (Wildman–Crippen MR) is 83.9 cm³/mol. The molecule has 2 heteroatoms. The molecule has 0 amide bonds.